The number of anilines is 1. The molecular weight excluding hydrogens is 712 g/mol. The second kappa shape index (κ2) is 15.9. The normalized spacial score (nSPS) is 29.4. The zero-order chi connectivity index (χ0) is 37.2. The van der Waals surface area contributed by atoms with E-state index in [1.807, 2.05) is 0 Å². The van der Waals surface area contributed by atoms with Crippen LogP contribution in [-0.2, 0) is 43.4 Å². The summed E-state index contributed by atoms with van der Waals surface area (Å²) < 4.78 is 59.5. The lowest BCUT2D eigenvalue weighted by molar-refractivity contribution is -0.124. The van der Waals surface area contributed by atoms with Crippen LogP contribution in [0.25, 0.3) is 11.2 Å². The Balaban J connectivity index is 1.35. The molecule has 21 heteroatoms. The Bertz CT molecular complexity index is 1760. The monoisotopic (exact) mass is 757 g/mol. The minimum absolute atomic E-state index is 0.162. The Morgan fingerprint density at radius 3 is 2.41 bits per heavy atom. The van der Waals surface area contributed by atoms with Crippen LogP contribution in [0.2, 0.25) is 0 Å². The summed E-state index contributed by atoms with van der Waals surface area (Å²) in [5.41, 5.74) is 7.79. The molecule has 2 aliphatic rings. The standard InChI is InChI=1S/C30H45N7O12P2/c1-16-17(2)47-22(13-45-50(6,40)41)26(16)49-51(42,43)46-12-21-23(35-29(39)20(31)11-18-7-9-19(44-5)10-8-18)25(38)30(48-21)37-15-34-24-27(36(3)4)32-14-33-28(24)37/h7-10,14-17,20-23,25-26,30,38H,11-13,31H2,1-6H3,(H,35,39)(H,40,41)(H,42,43). The van der Waals surface area contributed by atoms with Crippen molar-refractivity contribution in [3.05, 3.63) is 42.5 Å². The van der Waals surface area contributed by atoms with Crippen molar-refractivity contribution >= 4 is 38.3 Å². The molecule has 1 amide bonds. The van der Waals surface area contributed by atoms with Crippen LogP contribution in [0.4, 0.5) is 5.82 Å². The molecule has 0 spiro atoms. The second-order valence-electron chi connectivity index (χ2n) is 12.8. The summed E-state index contributed by atoms with van der Waals surface area (Å²) in [6.07, 6.45) is -3.33. The van der Waals surface area contributed by atoms with Gasteiger partial charge in [0.05, 0.1) is 44.8 Å². The van der Waals surface area contributed by atoms with E-state index in [9.17, 15) is 28.8 Å². The molecule has 4 heterocycles. The summed E-state index contributed by atoms with van der Waals surface area (Å²) in [6, 6.07) is 4.81. The highest BCUT2D eigenvalue weighted by Crippen LogP contribution is 2.50. The molecule has 11 unspecified atom stereocenters. The largest absolute Gasteiger partial charge is 0.497 e. The summed E-state index contributed by atoms with van der Waals surface area (Å²) >= 11 is 0. The van der Waals surface area contributed by atoms with Gasteiger partial charge in [0.1, 0.15) is 36.5 Å². The van der Waals surface area contributed by atoms with Crippen LogP contribution < -0.4 is 20.7 Å². The highest BCUT2D eigenvalue weighted by molar-refractivity contribution is 7.51. The van der Waals surface area contributed by atoms with Crippen LogP contribution in [0.15, 0.2) is 36.9 Å². The number of carbonyl (C=O) groups is 1. The van der Waals surface area contributed by atoms with E-state index in [0.29, 0.717) is 22.7 Å². The van der Waals surface area contributed by atoms with Crippen LogP contribution >= 0.6 is 15.4 Å². The number of nitrogens with two attached hydrogens (primary N) is 1. The molecule has 5 rings (SSSR count). The van der Waals surface area contributed by atoms with Gasteiger partial charge in [-0.1, -0.05) is 19.1 Å². The minimum atomic E-state index is -4.87. The van der Waals surface area contributed by atoms with Crippen LogP contribution in [0, 0.1) is 5.92 Å². The van der Waals surface area contributed by atoms with Crippen LogP contribution in [0.5, 0.6) is 5.75 Å². The van der Waals surface area contributed by atoms with Gasteiger partial charge in [-0.2, -0.15) is 0 Å². The number of aliphatic hydroxyl groups excluding tert-OH is 1. The number of hydrogen-bond acceptors (Lipinski definition) is 15. The number of aliphatic hydroxyl groups is 1. The van der Waals surface area contributed by atoms with Gasteiger partial charge in [0.15, 0.2) is 23.2 Å². The molecule has 11 atom stereocenters. The number of phosphoric ester groups is 1. The Kier molecular flexibility index (Phi) is 12.2. The summed E-state index contributed by atoms with van der Waals surface area (Å²) in [5, 5.41) is 14.3. The molecule has 0 radical (unpaired) electrons. The van der Waals surface area contributed by atoms with Crippen LogP contribution in [-0.4, -0.2) is 124 Å². The van der Waals surface area contributed by atoms with E-state index in [2.05, 4.69) is 20.3 Å². The number of methoxy groups -OCH3 is 1. The Morgan fingerprint density at radius 1 is 1.08 bits per heavy atom. The van der Waals surface area contributed by atoms with E-state index >= 15 is 0 Å². The zero-order valence-corrected chi connectivity index (χ0v) is 30.8. The Hall–Kier alpha value is -3.06. The third kappa shape index (κ3) is 9.30. The molecule has 6 N–H and O–H groups in total. The first-order valence-electron chi connectivity index (χ1n) is 16.1. The van der Waals surface area contributed by atoms with Gasteiger partial charge in [-0.15, -0.1) is 0 Å². The highest BCUT2D eigenvalue weighted by Gasteiger charge is 2.49. The van der Waals surface area contributed by atoms with Gasteiger partial charge in [0.25, 0.3) is 0 Å². The minimum Gasteiger partial charge on any atom is -0.497 e. The lowest BCUT2D eigenvalue weighted by atomic mass is 10.00. The maximum atomic E-state index is 13.4. The fourth-order valence-electron chi connectivity index (χ4n) is 5.97. The summed E-state index contributed by atoms with van der Waals surface area (Å²) in [7, 11) is -3.63. The number of hydrogen-bond donors (Lipinski definition) is 5. The highest BCUT2D eigenvalue weighted by atomic mass is 31.2. The number of phosphoric acid groups is 1. The van der Waals surface area contributed by atoms with Gasteiger partial charge in [-0.25, -0.2) is 19.5 Å². The number of rotatable bonds is 15. The van der Waals surface area contributed by atoms with E-state index in [1.54, 1.807) is 64.2 Å². The predicted octanol–water partition coefficient (Wildman–Crippen LogP) is 0.971. The van der Waals surface area contributed by atoms with E-state index < -0.39 is 82.7 Å². The molecule has 1 aromatic carbocycles. The quantitative estimate of drug-likeness (QED) is 0.135. The average Bonchev–Trinajstić information content (AvgIpc) is 3.72. The molecule has 0 aliphatic carbocycles. The summed E-state index contributed by atoms with van der Waals surface area (Å²) in [4.78, 5) is 48.5. The molecule has 19 nitrogen and oxygen atoms in total. The number of amides is 1. The molecule has 2 aromatic heterocycles. The number of nitrogens with one attached hydrogen (secondary N) is 1. The van der Waals surface area contributed by atoms with E-state index in [-0.39, 0.29) is 13.0 Å². The molecular formula is C30H45N7O12P2. The van der Waals surface area contributed by atoms with Crippen molar-refractivity contribution < 1.29 is 56.6 Å². The lowest BCUT2D eigenvalue weighted by Crippen LogP contribution is -2.53. The number of nitrogens with zero attached hydrogens (tertiary/aromatic N) is 5. The molecule has 0 bridgehead atoms. The van der Waals surface area contributed by atoms with E-state index in [1.165, 1.54) is 17.2 Å². The first kappa shape index (κ1) is 39.2. The van der Waals surface area contributed by atoms with Gasteiger partial charge < -0.3 is 49.6 Å². The fourth-order valence-corrected chi connectivity index (χ4v) is 7.43. The van der Waals surface area contributed by atoms with Crippen molar-refractivity contribution in [3.8, 4) is 5.75 Å². The predicted molar refractivity (Wildman–Crippen MR) is 182 cm³/mol. The molecule has 282 valence electrons. The number of imidazole rings is 1. The molecule has 0 saturated carbocycles. The molecule has 2 aliphatic heterocycles. The van der Waals surface area contributed by atoms with Gasteiger partial charge in [0.2, 0.25) is 5.91 Å². The van der Waals surface area contributed by atoms with Gasteiger partial charge in [0, 0.05) is 26.7 Å². The van der Waals surface area contributed by atoms with E-state index in [0.717, 1.165) is 12.2 Å². The topological polar surface area (TPSA) is 252 Å². The van der Waals surface area contributed by atoms with E-state index in [4.69, 9.17) is 33.5 Å². The van der Waals surface area contributed by atoms with Gasteiger partial charge >= 0.3 is 15.4 Å². The van der Waals surface area contributed by atoms with Crippen LogP contribution in [0.1, 0.15) is 25.6 Å². The number of aromatic nitrogens is 4. The SMILES string of the molecule is COc1ccc(CC(N)C(=O)NC2C(COP(=O)(O)OC3C(COP(C)(=O)O)OC(C)C3C)OC(n3cnc4c(N(C)C)ncnc43)C2O)cc1. The van der Waals surface area contributed by atoms with Crippen molar-refractivity contribution in [1.82, 2.24) is 24.8 Å². The molecule has 2 fully saturated rings. The summed E-state index contributed by atoms with van der Waals surface area (Å²) in [5.74, 6) is 0.116. The third-order valence-corrected chi connectivity index (χ3v) is 10.4. The maximum absolute atomic E-state index is 13.4. The second-order valence-corrected chi connectivity index (χ2v) is 16.1. The van der Waals surface area contributed by atoms with Crippen molar-refractivity contribution in [2.24, 2.45) is 11.7 Å². The fraction of sp³-hybridized carbons (Fsp3) is 0.600. The van der Waals surface area contributed by atoms with Crippen molar-refractivity contribution in [2.75, 3.05) is 46.0 Å². The first-order chi connectivity index (χ1) is 24.0. The van der Waals surface area contributed by atoms with Crippen LogP contribution in [0.3, 0.4) is 0 Å². The maximum Gasteiger partial charge on any atom is 0.472 e. The van der Waals surface area contributed by atoms with Crippen molar-refractivity contribution in [1.29, 1.82) is 0 Å². The first-order valence-corrected chi connectivity index (χ1v) is 19.6. The van der Waals surface area contributed by atoms with Gasteiger partial charge in [-0.3, -0.25) is 23.0 Å². The van der Waals surface area contributed by atoms with Gasteiger partial charge in [-0.05, 0) is 31.0 Å². The molecule has 2 saturated heterocycles. The zero-order valence-electron chi connectivity index (χ0n) is 29.0. The number of benzene rings is 1. The third-order valence-electron chi connectivity index (χ3n) is 8.82. The van der Waals surface area contributed by atoms with Crippen molar-refractivity contribution in [3.63, 3.8) is 0 Å². The molecule has 3 aromatic rings. The molecule has 51 heavy (non-hydrogen) atoms. The smallest absolute Gasteiger partial charge is 0.472 e. The Labute approximate surface area is 294 Å². The lowest BCUT2D eigenvalue weighted by Gasteiger charge is -2.26. The average molecular weight is 758 g/mol. The number of ether oxygens (including phenoxy) is 3. The Morgan fingerprint density at radius 2 is 1.76 bits per heavy atom. The van der Waals surface area contributed by atoms with Crippen molar-refractivity contribution in [2.45, 2.75) is 69.1 Å². The number of carbonyl (C=O) groups excluding carboxylic acids is 1. The number of fused-ring (bicyclic) bond motifs is 1. The summed E-state index contributed by atoms with van der Waals surface area (Å²) in [6.45, 7) is 3.47.